The van der Waals surface area contributed by atoms with E-state index in [0.29, 0.717) is 18.0 Å². The Bertz CT molecular complexity index is 484. The highest BCUT2D eigenvalue weighted by atomic mass is 16.5. The predicted octanol–water partition coefficient (Wildman–Crippen LogP) is 1.80. The van der Waals surface area contributed by atoms with Crippen molar-refractivity contribution in [2.24, 2.45) is 0 Å². The van der Waals surface area contributed by atoms with E-state index in [4.69, 9.17) is 9.47 Å². The maximum atomic E-state index is 12.4. The van der Waals surface area contributed by atoms with Crippen molar-refractivity contribution in [1.29, 1.82) is 0 Å². The van der Waals surface area contributed by atoms with Crippen LogP contribution >= 0.6 is 0 Å². The van der Waals surface area contributed by atoms with Crippen LogP contribution in [0.25, 0.3) is 0 Å². The van der Waals surface area contributed by atoms with Crippen molar-refractivity contribution in [3.63, 3.8) is 0 Å². The number of para-hydroxylation sites is 1. The third-order valence-electron chi connectivity index (χ3n) is 3.71. The fourth-order valence-electron chi connectivity index (χ4n) is 2.61. The lowest BCUT2D eigenvalue weighted by molar-refractivity contribution is -0.136. The molecule has 1 aliphatic rings. The van der Waals surface area contributed by atoms with Gasteiger partial charge in [-0.05, 0) is 32.9 Å². The number of likely N-dealkylation sites (tertiary alicyclic amines) is 1. The highest BCUT2D eigenvalue weighted by molar-refractivity contribution is 5.81. The molecular weight excluding hydrogens is 268 g/mol. The van der Waals surface area contributed by atoms with Gasteiger partial charge in [-0.3, -0.25) is 4.79 Å². The first kappa shape index (κ1) is 15.6. The summed E-state index contributed by atoms with van der Waals surface area (Å²) < 4.78 is 11.3. The molecule has 1 fully saturated rings. The van der Waals surface area contributed by atoms with E-state index in [2.05, 4.69) is 5.32 Å². The highest BCUT2D eigenvalue weighted by Gasteiger charge is 2.26. The molecule has 1 aromatic rings. The monoisotopic (exact) mass is 292 g/mol. The minimum absolute atomic E-state index is 0.0498. The van der Waals surface area contributed by atoms with Crippen LogP contribution in [0.1, 0.15) is 25.3 Å². The van der Waals surface area contributed by atoms with Gasteiger partial charge in [0, 0.05) is 25.2 Å². The first-order valence-electron chi connectivity index (χ1n) is 7.43. The maximum absolute atomic E-state index is 12.4. The Kier molecular flexibility index (Phi) is 5.44. The van der Waals surface area contributed by atoms with E-state index in [0.717, 1.165) is 31.5 Å². The fourth-order valence-corrected chi connectivity index (χ4v) is 2.61. The molecule has 0 saturated carbocycles. The number of nitrogens with one attached hydrogen (secondary N) is 1. The van der Waals surface area contributed by atoms with Crippen LogP contribution in [-0.4, -0.2) is 44.2 Å². The molecule has 5 heteroatoms. The Labute approximate surface area is 126 Å². The molecule has 0 aliphatic carbocycles. The summed E-state index contributed by atoms with van der Waals surface area (Å²) in [6, 6.07) is 5.74. The largest absolute Gasteiger partial charge is 0.493 e. The van der Waals surface area contributed by atoms with E-state index in [1.807, 2.05) is 30.1 Å². The van der Waals surface area contributed by atoms with Gasteiger partial charge in [0.25, 0.3) is 5.91 Å². The molecule has 21 heavy (non-hydrogen) atoms. The molecule has 0 bridgehead atoms. The maximum Gasteiger partial charge on any atom is 0.263 e. The number of carbonyl (C=O) groups excluding carboxylic acids is 1. The Morgan fingerprint density at radius 1 is 1.38 bits per heavy atom. The first-order chi connectivity index (χ1) is 10.2. The highest BCUT2D eigenvalue weighted by Crippen LogP contribution is 2.32. The van der Waals surface area contributed by atoms with Gasteiger partial charge >= 0.3 is 0 Å². The molecule has 0 aromatic heterocycles. The van der Waals surface area contributed by atoms with Crippen LogP contribution in [0.5, 0.6) is 11.5 Å². The number of carbonyl (C=O) groups is 1. The molecular formula is C16H24N2O3. The molecule has 1 aromatic carbocycles. The van der Waals surface area contributed by atoms with Gasteiger partial charge in [0.2, 0.25) is 0 Å². The van der Waals surface area contributed by atoms with Gasteiger partial charge in [-0.25, -0.2) is 0 Å². The van der Waals surface area contributed by atoms with Crippen molar-refractivity contribution in [2.45, 2.75) is 32.4 Å². The summed E-state index contributed by atoms with van der Waals surface area (Å²) in [5.41, 5.74) is 0.984. The predicted molar refractivity (Wildman–Crippen MR) is 81.7 cm³/mol. The van der Waals surface area contributed by atoms with Crippen molar-refractivity contribution in [1.82, 2.24) is 10.2 Å². The zero-order valence-electron chi connectivity index (χ0n) is 13.0. The van der Waals surface area contributed by atoms with Gasteiger partial charge in [0.15, 0.2) is 17.6 Å². The fraction of sp³-hybridized carbons (Fsp3) is 0.562. The molecule has 5 nitrogen and oxygen atoms in total. The van der Waals surface area contributed by atoms with Crippen molar-refractivity contribution in [3.8, 4) is 11.5 Å². The minimum Gasteiger partial charge on any atom is -0.493 e. The summed E-state index contributed by atoms with van der Waals surface area (Å²) in [5, 5.41) is 3.10. The van der Waals surface area contributed by atoms with Crippen molar-refractivity contribution >= 4 is 5.91 Å². The van der Waals surface area contributed by atoms with E-state index in [-0.39, 0.29) is 5.91 Å². The molecule has 1 aliphatic heterocycles. The smallest absolute Gasteiger partial charge is 0.263 e. The summed E-state index contributed by atoms with van der Waals surface area (Å²) in [6.45, 7) is 4.14. The lowest BCUT2D eigenvalue weighted by Crippen LogP contribution is -2.38. The number of hydrogen-bond acceptors (Lipinski definition) is 4. The Morgan fingerprint density at radius 2 is 2.10 bits per heavy atom. The molecule has 1 heterocycles. The van der Waals surface area contributed by atoms with Crippen molar-refractivity contribution < 1.29 is 14.3 Å². The number of benzene rings is 1. The van der Waals surface area contributed by atoms with Crippen LogP contribution in [0, 0.1) is 0 Å². The summed E-state index contributed by atoms with van der Waals surface area (Å²) in [5.74, 6) is 1.35. The number of hydrogen-bond donors (Lipinski definition) is 1. The lowest BCUT2D eigenvalue weighted by atomic mass is 10.1. The third kappa shape index (κ3) is 3.67. The van der Waals surface area contributed by atoms with Crippen LogP contribution in [-0.2, 0) is 11.3 Å². The molecule has 1 N–H and O–H groups in total. The van der Waals surface area contributed by atoms with Gasteiger partial charge in [0.1, 0.15) is 0 Å². The summed E-state index contributed by atoms with van der Waals surface area (Å²) in [4.78, 5) is 14.2. The summed E-state index contributed by atoms with van der Waals surface area (Å²) >= 11 is 0. The van der Waals surface area contributed by atoms with E-state index >= 15 is 0 Å². The number of nitrogens with zero attached hydrogens (tertiary/aromatic N) is 1. The molecule has 1 saturated heterocycles. The first-order valence-corrected chi connectivity index (χ1v) is 7.43. The van der Waals surface area contributed by atoms with E-state index in [9.17, 15) is 4.79 Å². The van der Waals surface area contributed by atoms with E-state index in [1.165, 1.54) is 0 Å². The quantitative estimate of drug-likeness (QED) is 0.869. The summed E-state index contributed by atoms with van der Waals surface area (Å²) in [7, 11) is 3.49. The van der Waals surface area contributed by atoms with E-state index in [1.54, 1.807) is 14.0 Å². The zero-order chi connectivity index (χ0) is 15.2. The second-order valence-electron chi connectivity index (χ2n) is 5.27. The molecule has 116 valence electrons. The average molecular weight is 292 g/mol. The molecule has 1 atom stereocenters. The van der Waals surface area contributed by atoms with Gasteiger partial charge in [-0.15, -0.1) is 0 Å². The van der Waals surface area contributed by atoms with Gasteiger partial charge in [0.05, 0.1) is 7.11 Å². The lowest BCUT2D eigenvalue weighted by Gasteiger charge is -2.23. The number of rotatable bonds is 6. The Hall–Kier alpha value is -1.75. The molecule has 0 radical (unpaired) electrons. The van der Waals surface area contributed by atoms with E-state index < -0.39 is 6.10 Å². The van der Waals surface area contributed by atoms with Crippen LogP contribution in [0.15, 0.2) is 18.2 Å². The second-order valence-corrected chi connectivity index (χ2v) is 5.27. The zero-order valence-corrected chi connectivity index (χ0v) is 13.0. The van der Waals surface area contributed by atoms with Gasteiger partial charge in [-0.1, -0.05) is 12.1 Å². The third-order valence-corrected chi connectivity index (χ3v) is 3.71. The van der Waals surface area contributed by atoms with Crippen molar-refractivity contribution in [3.05, 3.63) is 23.8 Å². The Balaban J connectivity index is 2.14. The molecule has 0 spiro atoms. The number of amides is 1. The normalized spacial score (nSPS) is 15.9. The van der Waals surface area contributed by atoms with Crippen LogP contribution in [0.4, 0.5) is 0 Å². The summed E-state index contributed by atoms with van der Waals surface area (Å²) in [6.07, 6.45) is 1.66. The van der Waals surface area contributed by atoms with Gasteiger partial charge in [-0.2, -0.15) is 0 Å². The van der Waals surface area contributed by atoms with Crippen LogP contribution in [0.3, 0.4) is 0 Å². The molecule has 1 amide bonds. The Morgan fingerprint density at radius 3 is 2.71 bits per heavy atom. The van der Waals surface area contributed by atoms with Gasteiger partial charge < -0.3 is 19.7 Å². The molecule has 2 rings (SSSR count). The number of ether oxygens (including phenoxy) is 2. The topological polar surface area (TPSA) is 50.8 Å². The average Bonchev–Trinajstić information content (AvgIpc) is 3.02. The molecule has 1 unspecified atom stereocenters. The van der Waals surface area contributed by atoms with Crippen molar-refractivity contribution in [2.75, 3.05) is 27.2 Å². The minimum atomic E-state index is -0.505. The van der Waals surface area contributed by atoms with Crippen LogP contribution in [0.2, 0.25) is 0 Å². The van der Waals surface area contributed by atoms with Crippen LogP contribution < -0.4 is 14.8 Å². The SMILES string of the molecule is CNCc1cccc(OC)c1OC(C)C(=O)N1CCCC1. The number of methoxy groups -OCH3 is 1. The second kappa shape index (κ2) is 7.31. The standard InChI is InChI=1S/C16H24N2O3/c1-12(16(19)18-9-4-5-10-18)21-15-13(11-17-2)7-6-8-14(15)20-3/h6-8,12,17H,4-5,9-11H2,1-3H3.